The van der Waals surface area contributed by atoms with Crippen molar-refractivity contribution in [3.8, 4) is 0 Å². The summed E-state index contributed by atoms with van der Waals surface area (Å²) in [6, 6.07) is 0. The topological polar surface area (TPSA) is 58.2 Å². The third kappa shape index (κ3) is 2.85. The van der Waals surface area contributed by atoms with E-state index >= 15 is 0 Å². The van der Waals surface area contributed by atoms with Gasteiger partial charge in [0.15, 0.2) is 5.78 Å². The lowest BCUT2D eigenvalue weighted by Crippen LogP contribution is -2.58. The van der Waals surface area contributed by atoms with Crippen molar-refractivity contribution in [3.63, 3.8) is 0 Å². The van der Waals surface area contributed by atoms with Crippen LogP contribution in [0.3, 0.4) is 0 Å². The molecule has 3 aliphatic carbocycles. The van der Waals surface area contributed by atoms with Crippen molar-refractivity contribution in [2.75, 3.05) is 6.54 Å². The Hall–Kier alpha value is -1.32. The summed E-state index contributed by atoms with van der Waals surface area (Å²) in [4.78, 5) is 25.4. The molecule has 1 aliphatic heterocycles. The molecule has 1 heterocycles. The highest BCUT2D eigenvalue weighted by molar-refractivity contribution is 5.96. The van der Waals surface area contributed by atoms with Gasteiger partial charge in [-0.25, -0.2) is 0 Å². The highest BCUT2D eigenvalue weighted by Crippen LogP contribution is 2.64. The molecule has 156 valence electrons. The molecule has 28 heavy (non-hydrogen) atoms. The molecule has 1 amide bonds. The molecule has 0 radical (unpaired) electrons. The lowest BCUT2D eigenvalue weighted by Gasteiger charge is -2.58. The van der Waals surface area contributed by atoms with Gasteiger partial charge in [-0.15, -0.1) is 0 Å². The minimum absolute atomic E-state index is 0.105. The molecular weight excluding hydrogens is 348 g/mol. The van der Waals surface area contributed by atoms with E-state index < -0.39 is 0 Å². The van der Waals surface area contributed by atoms with Crippen LogP contribution >= 0.6 is 0 Å². The van der Waals surface area contributed by atoms with Crippen LogP contribution in [0.2, 0.25) is 0 Å². The Morgan fingerprint density at radius 1 is 1.11 bits per heavy atom. The summed E-state index contributed by atoms with van der Waals surface area (Å²) in [5, 5.41) is 6.97. The van der Waals surface area contributed by atoms with Gasteiger partial charge >= 0.3 is 0 Å². The van der Waals surface area contributed by atoms with Crippen molar-refractivity contribution in [2.24, 2.45) is 34.5 Å². The summed E-state index contributed by atoms with van der Waals surface area (Å²) in [6.07, 6.45) is 6.16. The van der Waals surface area contributed by atoms with Gasteiger partial charge in [0.05, 0.1) is 0 Å². The van der Waals surface area contributed by atoms with Crippen LogP contribution < -0.4 is 10.6 Å². The number of allylic oxidation sites excluding steroid dienone is 2. The highest BCUT2D eigenvalue weighted by atomic mass is 16.2. The SMILES string of the molecule is CC1=C2NCC3C(CC[C@@]4(C)C3CC[C@@H]4C(=O)NC(C)(C)C)[C@@]2(C)CCC1=O. The first-order valence-corrected chi connectivity index (χ1v) is 11.3. The van der Waals surface area contributed by atoms with Gasteiger partial charge in [-0.05, 0) is 83.0 Å². The van der Waals surface area contributed by atoms with E-state index in [4.69, 9.17) is 0 Å². The van der Waals surface area contributed by atoms with E-state index in [1.807, 2.05) is 6.92 Å². The molecule has 0 spiro atoms. The second kappa shape index (κ2) is 6.34. The Bertz CT molecular complexity index is 733. The zero-order chi connectivity index (χ0) is 20.5. The maximum absolute atomic E-state index is 13.1. The van der Waals surface area contributed by atoms with Gasteiger partial charge in [-0.1, -0.05) is 13.8 Å². The zero-order valence-corrected chi connectivity index (χ0v) is 18.6. The van der Waals surface area contributed by atoms with Crippen LogP contribution in [-0.2, 0) is 9.59 Å². The molecular formula is C24H38N2O2. The molecule has 0 aromatic carbocycles. The summed E-state index contributed by atoms with van der Waals surface area (Å²) in [5.74, 6) is 2.56. The second-order valence-electron chi connectivity index (χ2n) is 11.5. The van der Waals surface area contributed by atoms with E-state index in [1.165, 1.54) is 12.1 Å². The first-order valence-electron chi connectivity index (χ1n) is 11.3. The van der Waals surface area contributed by atoms with Crippen molar-refractivity contribution in [1.29, 1.82) is 0 Å². The zero-order valence-electron chi connectivity index (χ0n) is 18.6. The third-order valence-corrected chi connectivity index (χ3v) is 8.82. The molecule has 3 unspecified atom stereocenters. The number of hydrogen-bond acceptors (Lipinski definition) is 3. The van der Waals surface area contributed by atoms with Crippen molar-refractivity contribution in [2.45, 2.75) is 85.6 Å². The fourth-order valence-corrected chi connectivity index (χ4v) is 7.43. The van der Waals surface area contributed by atoms with E-state index in [0.29, 0.717) is 30.0 Å². The van der Waals surface area contributed by atoms with Gasteiger partial charge in [0, 0.05) is 41.1 Å². The normalized spacial score (nSPS) is 43.0. The monoisotopic (exact) mass is 386 g/mol. The number of Topliss-reactive ketones (excluding diaryl/α,β-unsaturated/α-hetero) is 1. The summed E-state index contributed by atoms with van der Waals surface area (Å²) in [7, 11) is 0. The number of rotatable bonds is 1. The summed E-state index contributed by atoms with van der Waals surface area (Å²) in [5.41, 5.74) is 2.24. The maximum atomic E-state index is 13.1. The highest BCUT2D eigenvalue weighted by Gasteiger charge is 2.60. The molecule has 4 heteroatoms. The minimum atomic E-state index is -0.172. The van der Waals surface area contributed by atoms with Gasteiger partial charge in [0.1, 0.15) is 0 Å². The van der Waals surface area contributed by atoms with Crippen LogP contribution in [0.25, 0.3) is 0 Å². The Morgan fingerprint density at radius 3 is 2.50 bits per heavy atom. The van der Waals surface area contributed by atoms with Crippen LogP contribution in [0.4, 0.5) is 0 Å². The van der Waals surface area contributed by atoms with E-state index in [0.717, 1.165) is 37.8 Å². The average molecular weight is 387 g/mol. The molecule has 0 aromatic rings. The number of nitrogens with one attached hydrogen (secondary N) is 2. The van der Waals surface area contributed by atoms with Crippen LogP contribution in [-0.4, -0.2) is 23.8 Å². The van der Waals surface area contributed by atoms with Gasteiger partial charge in [-0.3, -0.25) is 9.59 Å². The molecule has 0 bridgehead atoms. The van der Waals surface area contributed by atoms with Gasteiger partial charge < -0.3 is 10.6 Å². The number of ketones is 1. The maximum Gasteiger partial charge on any atom is 0.224 e. The molecule has 2 N–H and O–H groups in total. The molecule has 4 rings (SSSR count). The van der Waals surface area contributed by atoms with Crippen molar-refractivity contribution in [1.82, 2.24) is 10.6 Å². The Kier molecular flexibility index (Phi) is 4.52. The number of piperidine rings is 1. The Labute approximate surface area is 170 Å². The summed E-state index contributed by atoms with van der Waals surface area (Å²) in [6.45, 7) is 14.0. The van der Waals surface area contributed by atoms with E-state index in [2.05, 4.69) is 45.3 Å². The quantitative estimate of drug-likeness (QED) is 0.710. The lowest BCUT2D eigenvalue weighted by molar-refractivity contribution is -0.134. The number of amides is 1. The molecule has 1 saturated heterocycles. The molecule has 4 aliphatic rings. The fourth-order valence-electron chi connectivity index (χ4n) is 7.43. The van der Waals surface area contributed by atoms with E-state index in [9.17, 15) is 9.59 Å². The third-order valence-electron chi connectivity index (χ3n) is 8.82. The second-order valence-corrected chi connectivity index (χ2v) is 11.5. The van der Waals surface area contributed by atoms with Crippen LogP contribution in [0.5, 0.6) is 0 Å². The van der Waals surface area contributed by atoms with Crippen molar-refractivity contribution >= 4 is 11.7 Å². The number of carbonyl (C=O) groups is 2. The molecule has 2 saturated carbocycles. The predicted octanol–water partition coefficient (Wildman–Crippen LogP) is 4.21. The summed E-state index contributed by atoms with van der Waals surface area (Å²) >= 11 is 0. The van der Waals surface area contributed by atoms with Crippen LogP contribution in [0.15, 0.2) is 11.3 Å². The fraction of sp³-hybridized carbons (Fsp3) is 0.833. The molecule has 6 atom stereocenters. The standard InChI is InChI=1S/C24H38N2O2/c1-14-19(27)10-12-24(6)17-9-11-23(5)16(15(17)13-25-20(14)24)7-8-18(23)21(28)26-22(2,3)4/h15-18,25H,7-13H2,1-6H3,(H,26,28)/t15?,16?,17?,18-,23+,24-/m1/s1. The largest absolute Gasteiger partial charge is 0.387 e. The molecule has 4 nitrogen and oxygen atoms in total. The van der Waals surface area contributed by atoms with Crippen molar-refractivity contribution in [3.05, 3.63) is 11.3 Å². The number of carbonyl (C=O) groups excluding carboxylic acids is 2. The Balaban J connectivity index is 1.61. The minimum Gasteiger partial charge on any atom is -0.387 e. The van der Waals surface area contributed by atoms with E-state index in [1.54, 1.807) is 0 Å². The molecule has 0 aromatic heterocycles. The van der Waals surface area contributed by atoms with Crippen molar-refractivity contribution < 1.29 is 9.59 Å². The van der Waals surface area contributed by atoms with Gasteiger partial charge in [-0.2, -0.15) is 0 Å². The van der Waals surface area contributed by atoms with Gasteiger partial charge in [0.25, 0.3) is 0 Å². The Morgan fingerprint density at radius 2 is 1.82 bits per heavy atom. The van der Waals surface area contributed by atoms with E-state index in [-0.39, 0.29) is 28.2 Å². The summed E-state index contributed by atoms with van der Waals surface area (Å²) < 4.78 is 0. The van der Waals surface area contributed by atoms with Crippen LogP contribution in [0.1, 0.15) is 80.1 Å². The average Bonchev–Trinajstić information content (AvgIpc) is 2.94. The first kappa shape index (κ1) is 20.0. The molecule has 3 fully saturated rings. The van der Waals surface area contributed by atoms with Crippen LogP contribution in [0, 0.1) is 34.5 Å². The predicted molar refractivity (Wildman–Crippen MR) is 111 cm³/mol. The first-order chi connectivity index (χ1) is 13.0. The smallest absolute Gasteiger partial charge is 0.224 e. The van der Waals surface area contributed by atoms with Gasteiger partial charge in [0.2, 0.25) is 5.91 Å². The number of hydrogen-bond donors (Lipinski definition) is 2. The lowest BCUT2D eigenvalue weighted by atomic mass is 9.49. The number of fused-ring (bicyclic) bond motifs is 5.